The van der Waals surface area contributed by atoms with E-state index in [1.807, 2.05) is 30.3 Å². The van der Waals surface area contributed by atoms with Crippen LogP contribution in [0.1, 0.15) is 5.56 Å². The van der Waals surface area contributed by atoms with Crippen LogP contribution in [0.15, 0.2) is 75.9 Å². The van der Waals surface area contributed by atoms with Gasteiger partial charge in [-0.1, -0.05) is 30.3 Å². The van der Waals surface area contributed by atoms with E-state index in [2.05, 4.69) is 5.32 Å². The van der Waals surface area contributed by atoms with Gasteiger partial charge < -0.3 is 28.7 Å². The number of ether oxygens (including phenoxy) is 4. The number of carbonyl (C=O) groups is 1. The van der Waals surface area contributed by atoms with E-state index in [9.17, 15) is 9.59 Å². The molecule has 8 nitrogen and oxygen atoms in total. The second-order valence-electron chi connectivity index (χ2n) is 7.92. The van der Waals surface area contributed by atoms with Crippen molar-refractivity contribution in [2.75, 3.05) is 34.5 Å². The standard InChI is InChI=1S/C28H27NO7/c1-32-25-13-19(14-26(33-2)28(25)34-3)24-16-22(30)21-15-20(9-10-23(21)36-24)35-17-27(31)29-12-11-18-7-5-4-6-8-18/h4-10,13-16H,11-12,17H2,1-3H3,(H,29,31). The van der Waals surface area contributed by atoms with Crippen LogP contribution in [0.4, 0.5) is 0 Å². The van der Waals surface area contributed by atoms with Crippen molar-refractivity contribution >= 4 is 16.9 Å². The van der Waals surface area contributed by atoms with Gasteiger partial charge in [0.25, 0.3) is 5.91 Å². The molecule has 0 unspecified atom stereocenters. The zero-order chi connectivity index (χ0) is 25.5. The fraction of sp³-hybridized carbons (Fsp3) is 0.214. The lowest BCUT2D eigenvalue weighted by Gasteiger charge is -2.14. The van der Waals surface area contributed by atoms with E-state index in [1.54, 1.807) is 30.3 Å². The van der Waals surface area contributed by atoms with Crippen molar-refractivity contribution in [1.29, 1.82) is 0 Å². The summed E-state index contributed by atoms with van der Waals surface area (Å²) >= 11 is 0. The number of fused-ring (bicyclic) bond motifs is 1. The number of hydrogen-bond donors (Lipinski definition) is 1. The van der Waals surface area contributed by atoms with E-state index in [0.29, 0.717) is 51.8 Å². The van der Waals surface area contributed by atoms with Gasteiger partial charge in [0.2, 0.25) is 5.75 Å². The Labute approximate surface area is 208 Å². The molecule has 0 bridgehead atoms. The Hall–Kier alpha value is -4.46. The fourth-order valence-corrected chi connectivity index (χ4v) is 3.78. The minimum atomic E-state index is -0.252. The largest absolute Gasteiger partial charge is 0.493 e. The molecule has 8 heteroatoms. The summed E-state index contributed by atoms with van der Waals surface area (Å²) in [6.07, 6.45) is 0.734. The number of nitrogens with one attached hydrogen (secondary N) is 1. The summed E-state index contributed by atoms with van der Waals surface area (Å²) in [5.41, 5.74) is 1.87. The smallest absolute Gasteiger partial charge is 0.257 e. The molecule has 4 aromatic rings. The van der Waals surface area contributed by atoms with Crippen molar-refractivity contribution in [1.82, 2.24) is 5.32 Å². The first-order valence-corrected chi connectivity index (χ1v) is 11.3. The molecule has 1 N–H and O–H groups in total. The molecular weight excluding hydrogens is 462 g/mol. The summed E-state index contributed by atoms with van der Waals surface area (Å²) in [4.78, 5) is 25.0. The second kappa shape index (κ2) is 11.3. The molecule has 0 aliphatic heterocycles. The first-order valence-electron chi connectivity index (χ1n) is 11.3. The van der Waals surface area contributed by atoms with E-state index in [-0.39, 0.29) is 17.9 Å². The molecule has 4 rings (SSSR count). The topological polar surface area (TPSA) is 96.2 Å². The number of carbonyl (C=O) groups excluding carboxylic acids is 1. The highest BCUT2D eigenvalue weighted by atomic mass is 16.5. The van der Waals surface area contributed by atoms with Crippen LogP contribution in [0.2, 0.25) is 0 Å². The lowest BCUT2D eigenvalue weighted by molar-refractivity contribution is -0.123. The Bertz CT molecular complexity index is 1390. The zero-order valence-corrected chi connectivity index (χ0v) is 20.3. The molecule has 1 heterocycles. The average Bonchev–Trinajstić information content (AvgIpc) is 2.91. The Morgan fingerprint density at radius 1 is 0.889 bits per heavy atom. The molecular formula is C28H27NO7. The molecule has 0 fully saturated rings. The van der Waals surface area contributed by atoms with Crippen molar-refractivity contribution in [2.24, 2.45) is 0 Å². The molecule has 0 aliphatic rings. The Balaban J connectivity index is 1.47. The van der Waals surface area contributed by atoms with Crippen LogP contribution < -0.4 is 29.7 Å². The zero-order valence-electron chi connectivity index (χ0n) is 20.3. The van der Waals surface area contributed by atoms with Gasteiger partial charge in [0.1, 0.15) is 17.1 Å². The maximum Gasteiger partial charge on any atom is 0.257 e. The number of rotatable bonds is 10. The van der Waals surface area contributed by atoms with Gasteiger partial charge in [-0.2, -0.15) is 0 Å². The van der Waals surface area contributed by atoms with Gasteiger partial charge in [-0.15, -0.1) is 0 Å². The molecule has 0 aliphatic carbocycles. The monoisotopic (exact) mass is 489 g/mol. The van der Waals surface area contributed by atoms with E-state index in [1.165, 1.54) is 27.4 Å². The van der Waals surface area contributed by atoms with Gasteiger partial charge in [0, 0.05) is 18.2 Å². The highest BCUT2D eigenvalue weighted by Gasteiger charge is 2.16. The normalized spacial score (nSPS) is 10.6. The lowest BCUT2D eigenvalue weighted by atomic mass is 10.1. The third-order valence-electron chi connectivity index (χ3n) is 5.60. The Morgan fingerprint density at radius 3 is 2.28 bits per heavy atom. The summed E-state index contributed by atoms with van der Waals surface area (Å²) < 4.78 is 27.7. The SMILES string of the molecule is COc1cc(-c2cc(=O)c3cc(OCC(=O)NCCc4ccccc4)ccc3o2)cc(OC)c1OC. The van der Waals surface area contributed by atoms with Gasteiger partial charge >= 0.3 is 0 Å². The predicted molar refractivity (Wildman–Crippen MR) is 136 cm³/mol. The minimum absolute atomic E-state index is 0.158. The van der Waals surface area contributed by atoms with Crippen LogP contribution in [-0.2, 0) is 11.2 Å². The number of amides is 1. The molecule has 0 spiro atoms. The van der Waals surface area contributed by atoms with E-state index in [0.717, 1.165) is 12.0 Å². The van der Waals surface area contributed by atoms with Crippen molar-refractivity contribution in [3.63, 3.8) is 0 Å². The van der Waals surface area contributed by atoms with E-state index < -0.39 is 0 Å². The molecule has 0 saturated heterocycles. The fourth-order valence-electron chi connectivity index (χ4n) is 3.78. The summed E-state index contributed by atoms with van der Waals surface area (Å²) in [6.45, 7) is 0.354. The maximum absolute atomic E-state index is 12.9. The van der Waals surface area contributed by atoms with Crippen molar-refractivity contribution < 1.29 is 28.2 Å². The second-order valence-corrected chi connectivity index (χ2v) is 7.92. The van der Waals surface area contributed by atoms with Crippen LogP contribution in [0, 0.1) is 0 Å². The van der Waals surface area contributed by atoms with Crippen LogP contribution in [0.5, 0.6) is 23.0 Å². The molecule has 0 atom stereocenters. The summed E-state index contributed by atoms with van der Waals surface area (Å²) in [6, 6.07) is 19.6. The number of hydrogen-bond acceptors (Lipinski definition) is 7. The highest BCUT2D eigenvalue weighted by Crippen LogP contribution is 2.41. The molecule has 1 aromatic heterocycles. The minimum Gasteiger partial charge on any atom is -0.493 e. The Morgan fingerprint density at radius 2 is 1.61 bits per heavy atom. The van der Waals surface area contributed by atoms with Crippen LogP contribution in [0.3, 0.4) is 0 Å². The summed E-state index contributed by atoms with van der Waals surface area (Å²) in [7, 11) is 4.55. The number of methoxy groups -OCH3 is 3. The molecule has 0 radical (unpaired) electrons. The van der Waals surface area contributed by atoms with Gasteiger partial charge in [-0.05, 0) is 42.3 Å². The molecule has 36 heavy (non-hydrogen) atoms. The van der Waals surface area contributed by atoms with Crippen LogP contribution in [0.25, 0.3) is 22.3 Å². The molecule has 1 amide bonds. The first kappa shape index (κ1) is 24.7. The highest BCUT2D eigenvalue weighted by molar-refractivity contribution is 5.81. The van der Waals surface area contributed by atoms with Crippen molar-refractivity contribution in [3.8, 4) is 34.3 Å². The van der Waals surface area contributed by atoms with Crippen molar-refractivity contribution in [3.05, 3.63) is 82.5 Å². The summed E-state index contributed by atoms with van der Waals surface area (Å²) in [5, 5.41) is 3.17. The quantitative estimate of drug-likeness (QED) is 0.356. The third-order valence-corrected chi connectivity index (χ3v) is 5.60. The summed E-state index contributed by atoms with van der Waals surface area (Å²) in [5.74, 6) is 1.83. The molecule has 3 aromatic carbocycles. The predicted octanol–water partition coefficient (Wildman–Crippen LogP) is 4.22. The number of benzene rings is 3. The van der Waals surface area contributed by atoms with Crippen LogP contribution >= 0.6 is 0 Å². The van der Waals surface area contributed by atoms with E-state index in [4.69, 9.17) is 23.4 Å². The third kappa shape index (κ3) is 5.60. The van der Waals surface area contributed by atoms with Gasteiger partial charge in [0.05, 0.1) is 26.7 Å². The Kier molecular flexibility index (Phi) is 7.75. The molecule has 0 saturated carbocycles. The molecule has 186 valence electrons. The average molecular weight is 490 g/mol. The van der Waals surface area contributed by atoms with Gasteiger partial charge in [-0.3, -0.25) is 9.59 Å². The van der Waals surface area contributed by atoms with Gasteiger partial charge in [0.15, 0.2) is 23.5 Å². The van der Waals surface area contributed by atoms with Crippen molar-refractivity contribution in [2.45, 2.75) is 6.42 Å². The van der Waals surface area contributed by atoms with Gasteiger partial charge in [-0.25, -0.2) is 0 Å². The first-order chi connectivity index (χ1) is 17.5. The maximum atomic E-state index is 12.9. The van der Waals surface area contributed by atoms with Crippen LogP contribution in [-0.4, -0.2) is 40.4 Å². The van der Waals surface area contributed by atoms with E-state index >= 15 is 0 Å². The lowest BCUT2D eigenvalue weighted by Crippen LogP contribution is -2.30.